The monoisotopic (exact) mass is 253 g/mol. The summed E-state index contributed by atoms with van der Waals surface area (Å²) in [4.78, 5) is 8.73. The molecule has 0 N–H and O–H groups in total. The smallest absolute Gasteiger partial charge is 0.112 e. The van der Waals surface area contributed by atoms with Gasteiger partial charge in [0.15, 0.2) is 0 Å². The molecule has 0 fully saturated rings. The number of aryl methyl sites for hydroxylation is 1. The second-order valence-corrected chi connectivity index (χ2v) is 4.53. The zero-order valence-corrected chi connectivity index (χ0v) is 10.0. The molecule has 0 radical (unpaired) electrons. The normalized spacial score (nSPS) is 11.5. The van der Waals surface area contributed by atoms with Crippen molar-refractivity contribution in [2.75, 3.05) is 0 Å². The first-order valence-electron chi connectivity index (χ1n) is 4.57. The van der Waals surface area contributed by atoms with Crippen molar-refractivity contribution in [1.82, 2.24) is 14.5 Å². The SMILES string of the molecule is CC(C)c1nc2c(Br)cncc2n1C. The van der Waals surface area contributed by atoms with Crippen LogP contribution in [0.3, 0.4) is 0 Å². The molecule has 0 aromatic carbocycles. The van der Waals surface area contributed by atoms with Gasteiger partial charge in [0.05, 0.1) is 16.2 Å². The van der Waals surface area contributed by atoms with E-state index in [1.807, 2.05) is 13.2 Å². The molecular formula is C10H12BrN3. The third kappa shape index (κ3) is 1.34. The Hall–Kier alpha value is -0.900. The molecule has 0 aliphatic carbocycles. The average Bonchev–Trinajstić information content (AvgIpc) is 2.46. The number of hydrogen-bond donors (Lipinski definition) is 0. The minimum Gasteiger partial charge on any atom is -0.330 e. The molecule has 0 bridgehead atoms. The van der Waals surface area contributed by atoms with Crippen LogP contribution < -0.4 is 0 Å². The van der Waals surface area contributed by atoms with Crippen LogP contribution in [0.15, 0.2) is 16.9 Å². The van der Waals surface area contributed by atoms with Crippen LogP contribution in [0, 0.1) is 0 Å². The van der Waals surface area contributed by atoms with Gasteiger partial charge < -0.3 is 4.57 Å². The lowest BCUT2D eigenvalue weighted by Gasteiger charge is -2.03. The number of aromatic nitrogens is 3. The van der Waals surface area contributed by atoms with E-state index in [4.69, 9.17) is 0 Å². The van der Waals surface area contributed by atoms with Gasteiger partial charge in [0.25, 0.3) is 0 Å². The minimum absolute atomic E-state index is 0.430. The van der Waals surface area contributed by atoms with Gasteiger partial charge in [0.2, 0.25) is 0 Å². The maximum Gasteiger partial charge on any atom is 0.112 e. The summed E-state index contributed by atoms with van der Waals surface area (Å²) in [6.07, 6.45) is 3.62. The maximum absolute atomic E-state index is 4.59. The topological polar surface area (TPSA) is 30.7 Å². The third-order valence-corrected chi connectivity index (χ3v) is 2.88. The molecular weight excluding hydrogens is 242 g/mol. The molecule has 0 saturated carbocycles. The van der Waals surface area contributed by atoms with Gasteiger partial charge in [0, 0.05) is 19.2 Å². The van der Waals surface area contributed by atoms with E-state index in [0.29, 0.717) is 5.92 Å². The fraction of sp³-hybridized carbons (Fsp3) is 0.400. The van der Waals surface area contributed by atoms with E-state index in [1.54, 1.807) is 6.20 Å². The Bertz CT molecular complexity index is 473. The Morgan fingerprint density at radius 1 is 1.36 bits per heavy atom. The highest BCUT2D eigenvalue weighted by Crippen LogP contribution is 2.25. The summed E-state index contributed by atoms with van der Waals surface area (Å²) >= 11 is 3.46. The van der Waals surface area contributed by atoms with Gasteiger partial charge >= 0.3 is 0 Å². The Morgan fingerprint density at radius 2 is 2.07 bits per heavy atom. The van der Waals surface area contributed by atoms with Crippen molar-refractivity contribution in [1.29, 1.82) is 0 Å². The zero-order valence-electron chi connectivity index (χ0n) is 8.45. The number of halogens is 1. The Labute approximate surface area is 91.3 Å². The number of pyridine rings is 1. The molecule has 0 aliphatic heterocycles. The van der Waals surface area contributed by atoms with Gasteiger partial charge in [-0.2, -0.15) is 0 Å². The first-order valence-corrected chi connectivity index (χ1v) is 5.36. The largest absolute Gasteiger partial charge is 0.330 e. The van der Waals surface area contributed by atoms with Gasteiger partial charge in [-0.25, -0.2) is 4.98 Å². The molecule has 0 saturated heterocycles. The summed E-state index contributed by atoms with van der Waals surface area (Å²) in [7, 11) is 2.03. The highest BCUT2D eigenvalue weighted by atomic mass is 79.9. The van der Waals surface area contributed by atoms with Crippen LogP contribution in [0.5, 0.6) is 0 Å². The van der Waals surface area contributed by atoms with Gasteiger partial charge in [-0.05, 0) is 15.9 Å². The molecule has 2 aromatic heterocycles. The van der Waals surface area contributed by atoms with Crippen LogP contribution in [0.2, 0.25) is 0 Å². The molecule has 0 atom stereocenters. The fourth-order valence-electron chi connectivity index (χ4n) is 1.60. The van der Waals surface area contributed by atoms with Crippen LogP contribution in [0.25, 0.3) is 11.0 Å². The lowest BCUT2D eigenvalue weighted by molar-refractivity contribution is 0.722. The van der Waals surface area contributed by atoms with Crippen molar-refractivity contribution in [2.24, 2.45) is 7.05 Å². The van der Waals surface area contributed by atoms with Crippen molar-refractivity contribution < 1.29 is 0 Å². The van der Waals surface area contributed by atoms with Crippen molar-refractivity contribution in [3.63, 3.8) is 0 Å². The lowest BCUT2D eigenvalue weighted by atomic mass is 10.2. The van der Waals surface area contributed by atoms with E-state index >= 15 is 0 Å². The summed E-state index contributed by atoms with van der Waals surface area (Å²) in [6.45, 7) is 4.28. The van der Waals surface area contributed by atoms with E-state index < -0.39 is 0 Å². The second-order valence-electron chi connectivity index (χ2n) is 3.67. The third-order valence-electron chi connectivity index (χ3n) is 2.30. The Morgan fingerprint density at radius 3 is 2.64 bits per heavy atom. The summed E-state index contributed by atoms with van der Waals surface area (Å²) in [6, 6.07) is 0. The van der Waals surface area contributed by atoms with Crippen molar-refractivity contribution in [3.8, 4) is 0 Å². The van der Waals surface area contributed by atoms with E-state index in [1.165, 1.54) is 0 Å². The van der Waals surface area contributed by atoms with E-state index in [9.17, 15) is 0 Å². The fourth-order valence-corrected chi connectivity index (χ4v) is 2.01. The molecule has 0 unspecified atom stereocenters. The summed E-state index contributed by atoms with van der Waals surface area (Å²) in [5, 5.41) is 0. The molecule has 3 nitrogen and oxygen atoms in total. The van der Waals surface area contributed by atoms with E-state index in [0.717, 1.165) is 21.3 Å². The number of fused-ring (bicyclic) bond motifs is 1. The minimum atomic E-state index is 0.430. The predicted molar refractivity (Wildman–Crippen MR) is 60.3 cm³/mol. The van der Waals surface area contributed by atoms with E-state index in [-0.39, 0.29) is 0 Å². The predicted octanol–water partition coefficient (Wildman–Crippen LogP) is 2.85. The highest BCUT2D eigenvalue weighted by Gasteiger charge is 2.12. The number of nitrogens with zero attached hydrogens (tertiary/aromatic N) is 3. The Kier molecular flexibility index (Phi) is 2.31. The van der Waals surface area contributed by atoms with Crippen LogP contribution in [0.4, 0.5) is 0 Å². The van der Waals surface area contributed by atoms with E-state index in [2.05, 4.69) is 44.3 Å². The van der Waals surface area contributed by atoms with Gasteiger partial charge in [0.1, 0.15) is 11.3 Å². The lowest BCUT2D eigenvalue weighted by Crippen LogP contribution is -1.99. The zero-order chi connectivity index (χ0) is 10.3. The van der Waals surface area contributed by atoms with Crippen molar-refractivity contribution in [3.05, 3.63) is 22.7 Å². The summed E-state index contributed by atoms with van der Waals surface area (Å²) < 4.78 is 3.05. The molecule has 0 aliphatic rings. The van der Waals surface area contributed by atoms with Crippen LogP contribution >= 0.6 is 15.9 Å². The molecule has 2 aromatic rings. The molecule has 14 heavy (non-hydrogen) atoms. The molecule has 2 rings (SSSR count). The maximum atomic E-state index is 4.59. The first-order chi connectivity index (χ1) is 6.61. The van der Waals surface area contributed by atoms with Gasteiger partial charge in [-0.1, -0.05) is 13.8 Å². The summed E-state index contributed by atoms with van der Waals surface area (Å²) in [5.41, 5.74) is 2.06. The van der Waals surface area contributed by atoms with Gasteiger partial charge in [-0.3, -0.25) is 4.98 Å². The van der Waals surface area contributed by atoms with Crippen LogP contribution in [-0.4, -0.2) is 14.5 Å². The quantitative estimate of drug-likeness (QED) is 0.783. The number of imidazole rings is 1. The molecule has 0 spiro atoms. The highest BCUT2D eigenvalue weighted by molar-refractivity contribution is 9.10. The Balaban J connectivity index is 2.80. The standard InChI is InChI=1S/C10H12BrN3/c1-6(2)10-13-9-7(11)4-12-5-8(9)14(10)3/h4-6H,1-3H3. The molecule has 0 amide bonds. The van der Waals surface area contributed by atoms with Crippen molar-refractivity contribution >= 4 is 27.0 Å². The molecule has 4 heteroatoms. The van der Waals surface area contributed by atoms with Crippen molar-refractivity contribution in [2.45, 2.75) is 19.8 Å². The van der Waals surface area contributed by atoms with Crippen LogP contribution in [0.1, 0.15) is 25.6 Å². The first kappa shape index (κ1) is 9.65. The summed E-state index contributed by atoms with van der Waals surface area (Å²) in [5.74, 6) is 1.52. The average molecular weight is 254 g/mol. The molecule has 74 valence electrons. The second kappa shape index (κ2) is 3.35. The number of hydrogen-bond acceptors (Lipinski definition) is 2. The number of rotatable bonds is 1. The van der Waals surface area contributed by atoms with Gasteiger partial charge in [-0.15, -0.1) is 0 Å². The van der Waals surface area contributed by atoms with Crippen LogP contribution in [-0.2, 0) is 7.05 Å². The molecule has 2 heterocycles.